The summed E-state index contributed by atoms with van der Waals surface area (Å²) in [6.45, 7) is 2.28. The Bertz CT molecular complexity index is 1020. The molecule has 0 radical (unpaired) electrons. The van der Waals surface area contributed by atoms with Crippen molar-refractivity contribution in [3.05, 3.63) is 56.7 Å². The van der Waals surface area contributed by atoms with Gasteiger partial charge in [0.1, 0.15) is 5.56 Å². The Balaban J connectivity index is 2.32. The number of carbonyl (C=O) groups is 1. The fourth-order valence-electron chi connectivity index (χ4n) is 2.84. The molecule has 2 heterocycles. The zero-order valence-corrected chi connectivity index (χ0v) is 14.7. The Morgan fingerprint density at radius 3 is 2.72 bits per heavy atom. The van der Waals surface area contributed by atoms with Crippen molar-refractivity contribution in [1.29, 1.82) is 0 Å². The van der Waals surface area contributed by atoms with Gasteiger partial charge in [-0.25, -0.2) is 4.79 Å². The molecule has 0 aliphatic heterocycles. The average molecular weight is 358 g/mol. The summed E-state index contributed by atoms with van der Waals surface area (Å²) in [5.74, 6) is -1.31. The molecule has 0 atom stereocenters. The normalized spacial score (nSPS) is 11.0. The van der Waals surface area contributed by atoms with Crippen molar-refractivity contribution in [1.82, 2.24) is 4.57 Å². The molecule has 25 heavy (non-hydrogen) atoms. The molecule has 1 aromatic carbocycles. The van der Waals surface area contributed by atoms with Crippen molar-refractivity contribution < 1.29 is 14.6 Å². The van der Waals surface area contributed by atoms with Gasteiger partial charge >= 0.3 is 5.97 Å². The van der Waals surface area contributed by atoms with Gasteiger partial charge in [-0.05, 0) is 30.2 Å². The monoisotopic (exact) mass is 358 g/mol. The SMILES string of the molecule is CCc1cc2c(s1)c(C(=O)O)c(OC)c(=O)n2Cc1cccc(N)c1. The molecule has 3 rings (SSSR count). The molecule has 2 aromatic heterocycles. The molecule has 0 aliphatic carbocycles. The standard InChI is InChI=1S/C18H18N2O4S/c1-3-12-8-13-16(25-12)14(18(22)23)15(24-2)17(21)20(13)9-10-5-4-6-11(19)7-10/h4-8H,3,9,19H2,1-2H3,(H,22,23). The number of ether oxygens (including phenoxy) is 1. The second kappa shape index (κ2) is 6.60. The molecule has 0 unspecified atom stereocenters. The molecule has 0 spiro atoms. The van der Waals surface area contributed by atoms with Crippen LogP contribution >= 0.6 is 11.3 Å². The zero-order valence-electron chi connectivity index (χ0n) is 13.9. The van der Waals surface area contributed by atoms with Crippen LogP contribution in [0.4, 0.5) is 5.69 Å². The van der Waals surface area contributed by atoms with Crippen LogP contribution in [0.3, 0.4) is 0 Å². The second-order valence-corrected chi connectivity index (χ2v) is 6.77. The number of nitrogens with two attached hydrogens (primary N) is 1. The van der Waals surface area contributed by atoms with E-state index in [1.165, 1.54) is 18.4 Å². The number of benzene rings is 1. The van der Waals surface area contributed by atoms with Crippen LogP contribution in [0, 0.1) is 0 Å². The number of hydrogen-bond donors (Lipinski definition) is 2. The predicted molar refractivity (Wildman–Crippen MR) is 98.9 cm³/mol. The van der Waals surface area contributed by atoms with E-state index in [0.29, 0.717) is 15.9 Å². The summed E-state index contributed by atoms with van der Waals surface area (Å²) in [5.41, 5.74) is 7.36. The smallest absolute Gasteiger partial charge is 0.341 e. The number of anilines is 1. The Labute approximate surface area is 148 Å². The maximum absolute atomic E-state index is 12.9. The number of carboxylic acids is 1. The average Bonchev–Trinajstić information content (AvgIpc) is 3.00. The van der Waals surface area contributed by atoms with Gasteiger partial charge in [0.05, 0.1) is 23.9 Å². The van der Waals surface area contributed by atoms with Crippen LogP contribution in [0.2, 0.25) is 0 Å². The van der Waals surface area contributed by atoms with Gasteiger partial charge in [0, 0.05) is 10.6 Å². The first-order valence-corrected chi connectivity index (χ1v) is 8.58. The molecule has 0 amide bonds. The van der Waals surface area contributed by atoms with Crippen molar-refractivity contribution in [2.24, 2.45) is 0 Å². The number of rotatable bonds is 5. The minimum atomic E-state index is -1.17. The highest BCUT2D eigenvalue weighted by Crippen LogP contribution is 2.33. The van der Waals surface area contributed by atoms with Gasteiger partial charge in [-0.15, -0.1) is 11.3 Å². The fraction of sp³-hybridized carbons (Fsp3) is 0.222. The highest BCUT2D eigenvalue weighted by Gasteiger charge is 2.24. The highest BCUT2D eigenvalue weighted by atomic mass is 32.1. The highest BCUT2D eigenvalue weighted by molar-refractivity contribution is 7.19. The number of methoxy groups -OCH3 is 1. The maximum atomic E-state index is 12.9. The van der Waals surface area contributed by atoms with E-state index in [9.17, 15) is 14.7 Å². The van der Waals surface area contributed by atoms with E-state index in [1.807, 2.05) is 25.1 Å². The lowest BCUT2D eigenvalue weighted by atomic mass is 10.1. The topological polar surface area (TPSA) is 94.5 Å². The lowest BCUT2D eigenvalue weighted by molar-refractivity contribution is 0.0695. The van der Waals surface area contributed by atoms with Crippen LogP contribution < -0.4 is 16.0 Å². The van der Waals surface area contributed by atoms with Gasteiger partial charge in [0.2, 0.25) is 5.75 Å². The molecule has 0 saturated carbocycles. The minimum absolute atomic E-state index is 0.0731. The number of carboxylic acid groups (broad SMARTS) is 1. The second-order valence-electron chi connectivity index (χ2n) is 5.63. The van der Waals surface area contributed by atoms with E-state index in [0.717, 1.165) is 16.9 Å². The van der Waals surface area contributed by atoms with Crippen LogP contribution in [-0.2, 0) is 13.0 Å². The molecule has 0 saturated heterocycles. The van der Waals surface area contributed by atoms with Crippen LogP contribution in [0.15, 0.2) is 35.1 Å². The molecule has 0 fully saturated rings. The third-order valence-electron chi connectivity index (χ3n) is 4.01. The molecule has 3 N–H and O–H groups in total. The van der Waals surface area contributed by atoms with Crippen molar-refractivity contribution in [2.75, 3.05) is 12.8 Å². The number of aromatic carboxylic acids is 1. The summed E-state index contributed by atoms with van der Waals surface area (Å²) in [5, 5.41) is 9.58. The third kappa shape index (κ3) is 2.98. The van der Waals surface area contributed by atoms with Crippen molar-refractivity contribution in [3.8, 4) is 5.75 Å². The van der Waals surface area contributed by atoms with Gasteiger partial charge in [-0.2, -0.15) is 0 Å². The molecule has 7 heteroatoms. The largest absolute Gasteiger partial charge is 0.490 e. The van der Waals surface area contributed by atoms with Gasteiger partial charge in [0.25, 0.3) is 5.56 Å². The first-order chi connectivity index (χ1) is 12.0. The van der Waals surface area contributed by atoms with Gasteiger partial charge in [-0.3, -0.25) is 9.36 Å². The molecule has 0 bridgehead atoms. The number of fused-ring (bicyclic) bond motifs is 1. The summed E-state index contributed by atoms with van der Waals surface area (Å²) in [4.78, 5) is 25.6. The Morgan fingerprint density at radius 2 is 2.12 bits per heavy atom. The van der Waals surface area contributed by atoms with Gasteiger partial charge in [0.15, 0.2) is 0 Å². The Kier molecular flexibility index (Phi) is 4.50. The number of aromatic nitrogens is 1. The van der Waals surface area contributed by atoms with Crippen molar-refractivity contribution in [3.63, 3.8) is 0 Å². The number of pyridine rings is 1. The van der Waals surface area contributed by atoms with E-state index in [1.54, 1.807) is 16.7 Å². The van der Waals surface area contributed by atoms with Crippen LogP contribution in [0.5, 0.6) is 5.75 Å². The lowest BCUT2D eigenvalue weighted by Crippen LogP contribution is -2.24. The van der Waals surface area contributed by atoms with Crippen LogP contribution in [-0.4, -0.2) is 22.8 Å². The minimum Gasteiger partial charge on any atom is -0.490 e. The molecule has 0 aliphatic rings. The summed E-state index contributed by atoms with van der Waals surface area (Å²) < 4.78 is 7.25. The van der Waals surface area contributed by atoms with E-state index in [4.69, 9.17) is 10.5 Å². The van der Waals surface area contributed by atoms with Crippen molar-refractivity contribution >= 4 is 33.2 Å². The molecular weight excluding hydrogens is 340 g/mol. The number of aryl methyl sites for hydroxylation is 1. The van der Waals surface area contributed by atoms with Crippen molar-refractivity contribution in [2.45, 2.75) is 19.9 Å². The molecule has 130 valence electrons. The summed E-state index contributed by atoms with van der Waals surface area (Å²) in [6, 6.07) is 9.14. The van der Waals surface area contributed by atoms with E-state index < -0.39 is 11.5 Å². The lowest BCUT2D eigenvalue weighted by Gasteiger charge is -2.13. The first kappa shape index (κ1) is 17.0. The predicted octanol–water partition coefficient (Wildman–Crippen LogP) is 2.96. The third-order valence-corrected chi connectivity index (χ3v) is 5.29. The fourth-order valence-corrected chi connectivity index (χ4v) is 3.97. The zero-order chi connectivity index (χ0) is 18.1. The Hall–Kier alpha value is -2.80. The van der Waals surface area contributed by atoms with E-state index in [2.05, 4.69) is 0 Å². The number of nitrogens with zero attached hydrogens (tertiary/aromatic N) is 1. The van der Waals surface area contributed by atoms with Gasteiger partial charge in [-0.1, -0.05) is 19.1 Å². The number of hydrogen-bond acceptors (Lipinski definition) is 5. The molecular formula is C18H18N2O4S. The quantitative estimate of drug-likeness (QED) is 0.684. The number of nitrogen functional groups attached to an aromatic ring is 1. The number of thiophene rings is 1. The summed E-state index contributed by atoms with van der Waals surface area (Å²) >= 11 is 1.37. The maximum Gasteiger partial charge on any atom is 0.341 e. The van der Waals surface area contributed by atoms with Gasteiger partial charge < -0.3 is 15.6 Å². The van der Waals surface area contributed by atoms with Crippen LogP contribution in [0.1, 0.15) is 27.7 Å². The van der Waals surface area contributed by atoms with E-state index >= 15 is 0 Å². The molecule has 3 aromatic rings. The Morgan fingerprint density at radius 1 is 1.36 bits per heavy atom. The summed E-state index contributed by atoms with van der Waals surface area (Å²) in [6.07, 6.45) is 0.757. The summed E-state index contributed by atoms with van der Waals surface area (Å²) in [7, 11) is 1.31. The first-order valence-electron chi connectivity index (χ1n) is 7.77. The van der Waals surface area contributed by atoms with Crippen LogP contribution in [0.25, 0.3) is 10.2 Å². The van der Waals surface area contributed by atoms with E-state index in [-0.39, 0.29) is 17.9 Å². The molecule has 6 nitrogen and oxygen atoms in total.